The monoisotopic (exact) mass is 252 g/mol. The lowest BCUT2D eigenvalue weighted by Gasteiger charge is -2.26. The molecule has 4 heteroatoms. The fourth-order valence-corrected chi connectivity index (χ4v) is 1.58. The number of nitrogens with zero attached hydrogens (tertiary/aromatic N) is 1. The highest BCUT2D eigenvalue weighted by molar-refractivity contribution is 5.88. The van der Waals surface area contributed by atoms with E-state index >= 15 is 0 Å². The van der Waals surface area contributed by atoms with E-state index < -0.39 is 0 Å². The molecule has 0 saturated carbocycles. The zero-order chi connectivity index (χ0) is 14.0. The van der Waals surface area contributed by atoms with Crippen LogP contribution < -0.4 is 5.32 Å². The van der Waals surface area contributed by atoms with Gasteiger partial charge in [0.15, 0.2) is 5.78 Å². The minimum Gasteiger partial charge on any atom is -0.351 e. The van der Waals surface area contributed by atoms with Crippen molar-refractivity contribution in [1.82, 2.24) is 10.2 Å². The molecule has 0 aromatic heterocycles. The van der Waals surface area contributed by atoms with E-state index in [0.29, 0.717) is 19.0 Å². The first kappa shape index (κ1) is 16.6. The van der Waals surface area contributed by atoms with Crippen LogP contribution in [0.4, 0.5) is 0 Å². The molecule has 0 heterocycles. The van der Waals surface area contributed by atoms with Crippen molar-refractivity contribution in [3.05, 3.63) is 25.3 Å². The van der Waals surface area contributed by atoms with E-state index in [2.05, 4.69) is 37.2 Å². The largest absolute Gasteiger partial charge is 0.351 e. The first-order valence-electron chi connectivity index (χ1n) is 6.30. The second-order valence-corrected chi connectivity index (χ2v) is 4.40. The number of hydrogen-bond donors (Lipinski definition) is 1. The summed E-state index contributed by atoms with van der Waals surface area (Å²) in [7, 11) is 0. The number of hydrogen-bond acceptors (Lipinski definition) is 3. The summed E-state index contributed by atoms with van der Waals surface area (Å²) in [4.78, 5) is 24.3. The van der Waals surface area contributed by atoms with Crippen molar-refractivity contribution in [3.63, 3.8) is 0 Å². The number of ketones is 1. The van der Waals surface area contributed by atoms with Gasteiger partial charge in [0.1, 0.15) is 0 Å². The summed E-state index contributed by atoms with van der Waals surface area (Å²) >= 11 is 0. The molecular weight excluding hydrogens is 228 g/mol. The highest BCUT2D eigenvalue weighted by Crippen LogP contribution is 2.01. The van der Waals surface area contributed by atoms with Crippen molar-refractivity contribution in [3.8, 4) is 0 Å². The molecule has 4 nitrogen and oxygen atoms in total. The maximum Gasteiger partial charge on any atom is 0.243 e. The second kappa shape index (κ2) is 9.59. The lowest BCUT2D eigenvalue weighted by atomic mass is 10.2. The highest BCUT2D eigenvalue weighted by Gasteiger charge is 2.09. The van der Waals surface area contributed by atoms with Gasteiger partial charge in [0.2, 0.25) is 5.91 Å². The van der Waals surface area contributed by atoms with E-state index in [4.69, 9.17) is 0 Å². The van der Waals surface area contributed by atoms with Crippen LogP contribution in [0.5, 0.6) is 0 Å². The first-order chi connectivity index (χ1) is 8.51. The third kappa shape index (κ3) is 7.79. The van der Waals surface area contributed by atoms with Crippen LogP contribution >= 0.6 is 0 Å². The summed E-state index contributed by atoms with van der Waals surface area (Å²) in [5.41, 5.74) is 0. The molecule has 0 bridgehead atoms. The quantitative estimate of drug-likeness (QED) is 0.600. The molecule has 18 heavy (non-hydrogen) atoms. The molecule has 0 saturated heterocycles. The van der Waals surface area contributed by atoms with Crippen LogP contribution in [0.2, 0.25) is 0 Å². The molecule has 0 aliphatic heterocycles. The van der Waals surface area contributed by atoms with Gasteiger partial charge in [-0.1, -0.05) is 13.2 Å². The Labute approximate surface area is 110 Å². The highest BCUT2D eigenvalue weighted by atomic mass is 16.1. The normalized spacial score (nSPS) is 10.4. The summed E-state index contributed by atoms with van der Waals surface area (Å²) < 4.78 is 0. The van der Waals surface area contributed by atoms with Gasteiger partial charge in [-0.05, 0) is 39.0 Å². The minimum atomic E-state index is -0.152. The number of carbonyl (C=O) groups excluding carboxylic acids is 2. The number of rotatable bonds is 10. The Bertz CT molecular complexity index is 272. The second-order valence-electron chi connectivity index (χ2n) is 4.40. The molecule has 0 aromatic carbocycles. The Kier molecular flexibility index (Phi) is 8.84. The molecule has 0 unspecified atom stereocenters. The molecule has 0 radical (unpaired) electrons. The van der Waals surface area contributed by atoms with Crippen molar-refractivity contribution in [2.24, 2.45) is 0 Å². The molecule has 0 atom stereocenters. The van der Waals surface area contributed by atoms with Crippen molar-refractivity contribution in [1.29, 1.82) is 0 Å². The van der Waals surface area contributed by atoms with Crippen molar-refractivity contribution < 1.29 is 9.59 Å². The molecule has 102 valence electrons. The van der Waals surface area contributed by atoms with Crippen molar-refractivity contribution >= 4 is 11.7 Å². The third-order valence-corrected chi connectivity index (χ3v) is 2.71. The molecule has 0 aromatic rings. The van der Waals surface area contributed by atoms with Gasteiger partial charge in [0, 0.05) is 25.6 Å². The van der Waals surface area contributed by atoms with E-state index in [0.717, 1.165) is 19.5 Å². The van der Waals surface area contributed by atoms with Crippen molar-refractivity contribution in [2.45, 2.75) is 32.7 Å². The Morgan fingerprint density at radius 2 is 1.89 bits per heavy atom. The smallest absolute Gasteiger partial charge is 0.243 e. The van der Waals surface area contributed by atoms with Crippen LogP contribution in [0.3, 0.4) is 0 Å². The zero-order valence-electron chi connectivity index (χ0n) is 11.4. The number of carbonyl (C=O) groups is 2. The molecule has 0 aliphatic rings. The molecule has 0 spiro atoms. The topological polar surface area (TPSA) is 49.4 Å². The summed E-state index contributed by atoms with van der Waals surface area (Å²) in [6.45, 7) is 13.3. The molecule has 1 N–H and O–H groups in total. The molecule has 0 rings (SSSR count). The van der Waals surface area contributed by atoms with Crippen LogP contribution in [0.15, 0.2) is 25.3 Å². The average molecular weight is 252 g/mol. The molecule has 1 amide bonds. The lowest BCUT2D eigenvalue weighted by molar-refractivity contribution is -0.116. The predicted molar refractivity (Wildman–Crippen MR) is 74.4 cm³/mol. The van der Waals surface area contributed by atoms with Crippen LogP contribution in [0.1, 0.15) is 26.7 Å². The minimum absolute atomic E-state index is 0.0821. The average Bonchev–Trinajstić information content (AvgIpc) is 2.35. The molecule has 0 aliphatic carbocycles. The van der Waals surface area contributed by atoms with E-state index in [1.807, 2.05) is 0 Å². The van der Waals surface area contributed by atoms with Crippen LogP contribution in [-0.4, -0.2) is 42.3 Å². The van der Waals surface area contributed by atoms with Gasteiger partial charge in [-0.25, -0.2) is 0 Å². The van der Waals surface area contributed by atoms with Gasteiger partial charge in [-0.2, -0.15) is 0 Å². The summed E-state index contributed by atoms with van der Waals surface area (Å²) in [5.74, 6) is -0.0702. The predicted octanol–water partition coefficient (Wildman–Crippen LogP) is 1.53. The van der Waals surface area contributed by atoms with Gasteiger partial charge in [0.25, 0.3) is 0 Å². The maximum atomic E-state index is 11.1. The van der Waals surface area contributed by atoms with E-state index in [1.165, 1.54) is 12.2 Å². The van der Waals surface area contributed by atoms with Crippen molar-refractivity contribution in [2.75, 3.05) is 19.6 Å². The van der Waals surface area contributed by atoms with Crippen LogP contribution in [0, 0.1) is 0 Å². The summed E-state index contributed by atoms with van der Waals surface area (Å²) in [5, 5.41) is 2.75. The van der Waals surface area contributed by atoms with Gasteiger partial charge in [-0.3, -0.25) is 14.5 Å². The van der Waals surface area contributed by atoms with Gasteiger partial charge < -0.3 is 5.32 Å². The fourth-order valence-electron chi connectivity index (χ4n) is 1.58. The fraction of sp³-hybridized carbons (Fsp3) is 0.571. The molecule has 0 fully saturated rings. The zero-order valence-corrected chi connectivity index (χ0v) is 11.4. The van der Waals surface area contributed by atoms with Gasteiger partial charge in [-0.15, -0.1) is 0 Å². The number of amides is 1. The van der Waals surface area contributed by atoms with Gasteiger partial charge >= 0.3 is 0 Å². The van der Waals surface area contributed by atoms with E-state index in [9.17, 15) is 9.59 Å². The summed E-state index contributed by atoms with van der Waals surface area (Å²) in [6, 6.07) is 0.393. The van der Waals surface area contributed by atoms with Crippen LogP contribution in [0.25, 0.3) is 0 Å². The van der Waals surface area contributed by atoms with Gasteiger partial charge in [0.05, 0.1) is 0 Å². The third-order valence-electron chi connectivity index (χ3n) is 2.71. The standard InChI is InChI=1S/C14H24N2O2/c1-5-13(17)8-7-10-16(12(3)4)11-9-15-14(18)6-2/h5-6,12H,1-2,7-11H2,3-4H3,(H,15,18). The first-order valence-corrected chi connectivity index (χ1v) is 6.30. The van der Waals surface area contributed by atoms with E-state index in [1.54, 1.807) is 0 Å². The van der Waals surface area contributed by atoms with E-state index in [-0.39, 0.29) is 11.7 Å². The number of nitrogens with one attached hydrogen (secondary N) is 1. The molecular formula is C14H24N2O2. The lowest BCUT2D eigenvalue weighted by Crippen LogP contribution is -2.38. The SMILES string of the molecule is C=CC(=O)CCCN(CCNC(=O)C=C)C(C)C. The van der Waals surface area contributed by atoms with Crippen LogP contribution in [-0.2, 0) is 9.59 Å². The Morgan fingerprint density at radius 3 is 2.39 bits per heavy atom. The Hall–Kier alpha value is -1.42. The number of allylic oxidation sites excluding steroid dienone is 1. The maximum absolute atomic E-state index is 11.1. The Balaban J connectivity index is 3.92. The summed E-state index contributed by atoms with van der Waals surface area (Å²) in [6.07, 6.45) is 3.98. The Morgan fingerprint density at radius 1 is 1.22 bits per heavy atom.